The van der Waals surface area contributed by atoms with Crippen molar-refractivity contribution >= 4 is 0 Å². The summed E-state index contributed by atoms with van der Waals surface area (Å²) in [6, 6.07) is 5.66. The number of aryl methyl sites for hydroxylation is 1. The van der Waals surface area contributed by atoms with Crippen molar-refractivity contribution in [1.82, 2.24) is 0 Å². The molecule has 0 heterocycles. The summed E-state index contributed by atoms with van der Waals surface area (Å²) in [5.41, 5.74) is 8.53. The molecule has 3 N–H and O–H groups in total. The van der Waals surface area contributed by atoms with Crippen LogP contribution in [-0.2, 0) is 11.8 Å². The van der Waals surface area contributed by atoms with E-state index < -0.39 is 0 Å². The van der Waals surface area contributed by atoms with Crippen LogP contribution in [-0.4, -0.2) is 11.7 Å². The second-order valence-electron chi connectivity index (χ2n) is 4.46. The molecule has 0 bridgehead atoms. The molecule has 0 aliphatic heterocycles. The molecule has 0 saturated carbocycles. The monoisotopic (exact) mass is 191 g/mol. The van der Waals surface area contributed by atoms with Crippen molar-refractivity contribution in [3.05, 3.63) is 29.3 Å². The molecule has 0 spiro atoms. The molecule has 1 aliphatic rings. The predicted octanol–water partition coefficient (Wildman–Crippen LogP) is 1.94. The first-order valence-corrected chi connectivity index (χ1v) is 5.18. The minimum atomic E-state index is 0.112. The number of phenols is 1. The maximum Gasteiger partial charge on any atom is 0.115 e. The average Bonchev–Trinajstić information content (AvgIpc) is 2.18. The Balaban J connectivity index is 2.50. The fourth-order valence-corrected chi connectivity index (χ4v) is 2.39. The molecule has 0 aromatic heterocycles. The maximum absolute atomic E-state index is 9.40. The highest BCUT2D eigenvalue weighted by Crippen LogP contribution is 2.37. The van der Waals surface area contributed by atoms with Crippen LogP contribution in [0.15, 0.2) is 18.2 Å². The van der Waals surface area contributed by atoms with Crippen LogP contribution in [0.2, 0.25) is 0 Å². The quantitative estimate of drug-likeness (QED) is 0.712. The Morgan fingerprint density at radius 2 is 2.29 bits per heavy atom. The summed E-state index contributed by atoms with van der Waals surface area (Å²) >= 11 is 0. The molecule has 1 unspecified atom stereocenters. The first-order chi connectivity index (χ1) is 6.65. The van der Waals surface area contributed by atoms with Crippen molar-refractivity contribution in [1.29, 1.82) is 0 Å². The highest BCUT2D eigenvalue weighted by Gasteiger charge is 2.30. The molecular formula is C12H17NO. The lowest BCUT2D eigenvalue weighted by molar-refractivity contribution is 0.401. The van der Waals surface area contributed by atoms with E-state index >= 15 is 0 Å². The average molecular weight is 191 g/mol. The number of hydrogen-bond acceptors (Lipinski definition) is 2. The van der Waals surface area contributed by atoms with Crippen LogP contribution >= 0.6 is 0 Å². The van der Waals surface area contributed by atoms with Gasteiger partial charge in [0.15, 0.2) is 0 Å². The highest BCUT2D eigenvalue weighted by atomic mass is 16.3. The van der Waals surface area contributed by atoms with E-state index in [1.165, 1.54) is 17.5 Å². The summed E-state index contributed by atoms with van der Waals surface area (Å²) in [5, 5.41) is 9.40. The molecule has 0 radical (unpaired) electrons. The van der Waals surface area contributed by atoms with Crippen LogP contribution in [0.4, 0.5) is 0 Å². The second kappa shape index (κ2) is 3.28. The molecule has 2 heteroatoms. The summed E-state index contributed by atoms with van der Waals surface area (Å²) in [6.07, 6.45) is 3.39. The van der Waals surface area contributed by atoms with Crippen molar-refractivity contribution in [2.24, 2.45) is 5.73 Å². The summed E-state index contributed by atoms with van der Waals surface area (Å²) in [4.78, 5) is 0. The summed E-state index contributed by atoms with van der Waals surface area (Å²) in [5.74, 6) is 0.366. The molecule has 1 aliphatic carbocycles. The largest absolute Gasteiger partial charge is 0.508 e. The van der Waals surface area contributed by atoms with E-state index in [4.69, 9.17) is 5.73 Å². The number of fused-ring (bicyclic) bond motifs is 1. The van der Waals surface area contributed by atoms with Crippen molar-refractivity contribution < 1.29 is 5.11 Å². The SMILES string of the molecule is CC1(CN)CCCc2cc(O)ccc21. The van der Waals surface area contributed by atoms with Gasteiger partial charge in [0.05, 0.1) is 0 Å². The highest BCUT2D eigenvalue weighted by molar-refractivity contribution is 5.41. The third kappa shape index (κ3) is 1.40. The van der Waals surface area contributed by atoms with Gasteiger partial charge in [-0.05, 0) is 42.5 Å². The van der Waals surface area contributed by atoms with Crippen LogP contribution in [0.3, 0.4) is 0 Å². The Labute approximate surface area is 84.7 Å². The van der Waals surface area contributed by atoms with Gasteiger partial charge < -0.3 is 10.8 Å². The van der Waals surface area contributed by atoms with E-state index in [2.05, 4.69) is 6.92 Å². The van der Waals surface area contributed by atoms with Gasteiger partial charge in [-0.2, -0.15) is 0 Å². The molecular weight excluding hydrogens is 174 g/mol. The number of benzene rings is 1. The van der Waals surface area contributed by atoms with Gasteiger partial charge in [-0.15, -0.1) is 0 Å². The van der Waals surface area contributed by atoms with Crippen molar-refractivity contribution in [3.63, 3.8) is 0 Å². The van der Waals surface area contributed by atoms with E-state index in [0.29, 0.717) is 12.3 Å². The van der Waals surface area contributed by atoms with Crippen LogP contribution in [0, 0.1) is 0 Å². The van der Waals surface area contributed by atoms with E-state index in [9.17, 15) is 5.11 Å². The minimum absolute atomic E-state index is 0.112. The molecule has 2 nitrogen and oxygen atoms in total. The van der Waals surface area contributed by atoms with E-state index in [1.807, 2.05) is 12.1 Å². The fraction of sp³-hybridized carbons (Fsp3) is 0.500. The minimum Gasteiger partial charge on any atom is -0.508 e. The Bertz CT molecular complexity index is 348. The molecule has 1 aromatic carbocycles. The third-order valence-electron chi connectivity index (χ3n) is 3.36. The van der Waals surface area contributed by atoms with Crippen LogP contribution < -0.4 is 5.73 Å². The Morgan fingerprint density at radius 3 is 3.00 bits per heavy atom. The zero-order valence-electron chi connectivity index (χ0n) is 8.59. The first kappa shape index (κ1) is 9.53. The second-order valence-corrected chi connectivity index (χ2v) is 4.46. The Morgan fingerprint density at radius 1 is 1.50 bits per heavy atom. The number of nitrogens with two attached hydrogens (primary N) is 1. The van der Waals surface area contributed by atoms with Gasteiger partial charge in [0.2, 0.25) is 0 Å². The molecule has 76 valence electrons. The standard InChI is InChI=1S/C12H17NO/c1-12(8-13)6-2-3-9-7-10(14)4-5-11(9)12/h4-5,7,14H,2-3,6,8,13H2,1H3. The zero-order valence-corrected chi connectivity index (χ0v) is 8.59. The van der Waals surface area contributed by atoms with Gasteiger partial charge in [-0.25, -0.2) is 0 Å². The van der Waals surface area contributed by atoms with Gasteiger partial charge >= 0.3 is 0 Å². The Hall–Kier alpha value is -1.02. The summed E-state index contributed by atoms with van der Waals surface area (Å²) in [6.45, 7) is 2.90. The van der Waals surface area contributed by atoms with E-state index in [0.717, 1.165) is 12.8 Å². The van der Waals surface area contributed by atoms with Gasteiger partial charge in [-0.3, -0.25) is 0 Å². The molecule has 14 heavy (non-hydrogen) atoms. The summed E-state index contributed by atoms with van der Waals surface area (Å²) < 4.78 is 0. The summed E-state index contributed by atoms with van der Waals surface area (Å²) in [7, 11) is 0. The Kier molecular flexibility index (Phi) is 2.23. The maximum atomic E-state index is 9.40. The van der Waals surface area contributed by atoms with E-state index in [-0.39, 0.29) is 5.41 Å². The third-order valence-corrected chi connectivity index (χ3v) is 3.36. The van der Waals surface area contributed by atoms with Gasteiger partial charge in [0.1, 0.15) is 5.75 Å². The van der Waals surface area contributed by atoms with Crippen LogP contribution in [0.25, 0.3) is 0 Å². The van der Waals surface area contributed by atoms with Crippen LogP contribution in [0.5, 0.6) is 5.75 Å². The van der Waals surface area contributed by atoms with E-state index in [1.54, 1.807) is 6.07 Å². The molecule has 2 rings (SSSR count). The lowest BCUT2D eigenvalue weighted by Gasteiger charge is -2.35. The predicted molar refractivity (Wildman–Crippen MR) is 57.5 cm³/mol. The molecule has 1 aromatic rings. The molecule has 0 fully saturated rings. The normalized spacial score (nSPS) is 25.9. The van der Waals surface area contributed by atoms with Crippen molar-refractivity contribution in [2.75, 3.05) is 6.54 Å². The number of aromatic hydroxyl groups is 1. The van der Waals surface area contributed by atoms with Gasteiger partial charge in [0, 0.05) is 12.0 Å². The molecule has 0 saturated heterocycles. The fourth-order valence-electron chi connectivity index (χ4n) is 2.39. The molecule has 1 atom stereocenters. The first-order valence-electron chi connectivity index (χ1n) is 5.18. The topological polar surface area (TPSA) is 46.2 Å². The smallest absolute Gasteiger partial charge is 0.115 e. The van der Waals surface area contributed by atoms with Gasteiger partial charge in [-0.1, -0.05) is 13.0 Å². The van der Waals surface area contributed by atoms with Crippen LogP contribution in [0.1, 0.15) is 30.9 Å². The zero-order chi connectivity index (χ0) is 10.2. The van der Waals surface area contributed by atoms with Crippen molar-refractivity contribution in [2.45, 2.75) is 31.6 Å². The van der Waals surface area contributed by atoms with Crippen molar-refractivity contribution in [3.8, 4) is 5.75 Å². The number of hydrogen-bond donors (Lipinski definition) is 2. The lowest BCUT2D eigenvalue weighted by atomic mass is 9.71. The lowest BCUT2D eigenvalue weighted by Crippen LogP contribution is -2.35. The number of rotatable bonds is 1. The number of phenolic OH excluding ortho intramolecular Hbond substituents is 1. The molecule has 0 amide bonds. The van der Waals surface area contributed by atoms with Gasteiger partial charge in [0.25, 0.3) is 0 Å².